The van der Waals surface area contributed by atoms with Gasteiger partial charge in [-0.05, 0) is 104 Å². The van der Waals surface area contributed by atoms with Crippen LogP contribution in [0.2, 0.25) is 0 Å². The predicted molar refractivity (Wildman–Crippen MR) is 148 cm³/mol. The van der Waals surface area contributed by atoms with Crippen LogP contribution in [-0.4, -0.2) is 13.1 Å². The monoisotopic (exact) mass is 480 g/mol. The average Bonchev–Trinajstić information content (AvgIpc) is 3.58. The minimum absolute atomic E-state index is 0.642. The van der Waals surface area contributed by atoms with Gasteiger partial charge < -0.3 is 26.4 Å². The topological polar surface area (TPSA) is 75.2 Å². The Morgan fingerprint density at radius 3 is 2.03 bits per heavy atom. The highest BCUT2D eigenvalue weighted by atomic mass is 32.1. The molecule has 3 aromatic carbocycles. The van der Waals surface area contributed by atoms with Crippen LogP contribution in [0.25, 0.3) is 0 Å². The van der Waals surface area contributed by atoms with Crippen molar-refractivity contribution in [2.45, 2.75) is 19.8 Å². The third-order valence-corrected chi connectivity index (χ3v) is 7.09. The molecular weight excluding hydrogens is 452 g/mol. The van der Waals surface area contributed by atoms with Crippen molar-refractivity contribution >= 4 is 49.8 Å². The molecule has 1 aliphatic rings. The quantitative estimate of drug-likeness (QED) is 0.196. The molecule has 2 heterocycles. The Kier molecular flexibility index (Phi) is 6.73. The lowest BCUT2D eigenvalue weighted by Gasteiger charge is -2.14. The molecule has 0 amide bonds. The van der Waals surface area contributed by atoms with E-state index in [4.69, 9.17) is 5.26 Å². The van der Waals surface area contributed by atoms with Gasteiger partial charge >= 0.3 is 0 Å². The first-order chi connectivity index (χ1) is 17.2. The lowest BCUT2D eigenvalue weighted by Crippen LogP contribution is -2.15. The van der Waals surface area contributed by atoms with E-state index in [9.17, 15) is 0 Å². The summed E-state index contributed by atoms with van der Waals surface area (Å²) in [6.07, 6.45) is 2.59. The van der Waals surface area contributed by atoms with Gasteiger partial charge in [0, 0.05) is 30.2 Å². The minimum atomic E-state index is 0.642. The van der Waals surface area contributed by atoms with Crippen molar-refractivity contribution in [2.75, 3.05) is 39.5 Å². The van der Waals surface area contributed by atoms with E-state index >= 15 is 0 Å². The van der Waals surface area contributed by atoms with Gasteiger partial charge in [0.05, 0.1) is 33.0 Å². The van der Waals surface area contributed by atoms with Crippen LogP contribution in [0.15, 0.2) is 78.9 Å². The number of nitrogens with one attached hydrogen (secondary N) is 4. The Morgan fingerprint density at radius 2 is 1.37 bits per heavy atom. The van der Waals surface area contributed by atoms with Crippen LogP contribution in [0, 0.1) is 18.3 Å². The molecule has 0 aliphatic carbocycles. The molecule has 0 atom stereocenters. The molecule has 0 saturated carbocycles. The number of hydrogen-bond acceptors (Lipinski definition) is 7. The van der Waals surface area contributed by atoms with E-state index in [0.29, 0.717) is 5.56 Å². The summed E-state index contributed by atoms with van der Waals surface area (Å²) >= 11 is 1.82. The number of thiophene rings is 1. The van der Waals surface area contributed by atoms with Crippen molar-refractivity contribution in [1.29, 1.82) is 5.26 Å². The number of anilines is 7. The smallest absolute Gasteiger partial charge is 0.0991 e. The molecule has 0 radical (unpaired) electrons. The largest absolute Gasteiger partial charge is 0.363 e. The Labute approximate surface area is 210 Å². The van der Waals surface area contributed by atoms with E-state index in [1.54, 1.807) is 12.1 Å². The van der Waals surface area contributed by atoms with Crippen LogP contribution in [0.5, 0.6) is 0 Å². The minimum Gasteiger partial charge on any atom is -0.363 e. The number of rotatable bonds is 8. The molecule has 7 heteroatoms. The number of nitrogens with zero attached hydrogens (tertiary/aromatic N) is 2. The molecular formula is C28H28N6S. The molecule has 1 aromatic heterocycles. The second-order valence-electron chi connectivity index (χ2n) is 8.63. The summed E-state index contributed by atoms with van der Waals surface area (Å²) in [5.41, 5.74) is 13.2. The summed E-state index contributed by atoms with van der Waals surface area (Å²) in [6, 6.07) is 28.3. The van der Waals surface area contributed by atoms with Gasteiger partial charge in [0.1, 0.15) is 0 Å². The number of benzene rings is 3. The highest BCUT2D eigenvalue weighted by Gasteiger charge is 2.14. The number of nitriles is 1. The number of hydrogen-bond donors (Lipinski definition) is 4. The van der Waals surface area contributed by atoms with Crippen LogP contribution in [0.1, 0.15) is 24.0 Å². The molecule has 1 fully saturated rings. The maximum Gasteiger partial charge on any atom is 0.0991 e. The second kappa shape index (κ2) is 10.4. The molecule has 176 valence electrons. The van der Waals surface area contributed by atoms with Crippen LogP contribution in [0.4, 0.5) is 38.4 Å². The van der Waals surface area contributed by atoms with Crippen molar-refractivity contribution in [3.05, 3.63) is 90.0 Å². The van der Waals surface area contributed by atoms with Crippen molar-refractivity contribution < 1.29 is 0 Å². The molecule has 35 heavy (non-hydrogen) atoms. The van der Waals surface area contributed by atoms with Crippen molar-refractivity contribution in [1.82, 2.24) is 0 Å². The van der Waals surface area contributed by atoms with Crippen LogP contribution < -0.4 is 26.4 Å². The van der Waals surface area contributed by atoms with Crippen LogP contribution >= 0.6 is 11.3 Å². The SMILES string of the molecule is Cc1cc(Nc2ccc(N3CCCC3)s2)ccc1Nc1ccc(NNc2ccc(C#N)cc2)cc1. The standard InChI is InChI=1S/C28H28N6S/c1-20-18-25(31-27-14-15-28(35-27)34-16-2-3-17-34)12-13-26(20)30-22-8-10-24(11-9-22)33-32-23-6-4-21(19-29)5-7-23/h4-15,18,30-33H,2-3,16-17H2,1H3. The molecule has 4 aromatic rings. The fraction of sp³-hybridized carbons (Fsp3) is 0.179. The number of hydrazine groups is 1. The Balaban J connectivity index is 1.16. The first-order valence-corrected chi connectivity index (χ1v) is 12.6. The van der Waals surface area contributed by atoms with Gasteiger partial charge in [-0.2, -0.15) is 5.26 Å². The van der Waals surface area contributed by atoms with Gasteiger partial charge in [0.2, 0.25) is 0 Å². The molecule has 1 saturated heterocycles. The summed E-state index contributed by atoms with van der Waals surface area (Å²) in [6.45, 7) is 4.46. The second-order valence-corrected chi connectivity index (χ2v) is 9.69. The van der Waals surface area contributed by atoms with E-state index in [1.807, 2.05) is 47.7 Å². The molecule has 1 aliphatic heterocycles. The summed E-state index contributed by atoms with van der Waals surface area (Å²) in [4.78, 5) is 2.47. The normalized spacial score (nSPS) is 12.7. The zero-order chi connectivity index (χ0) is 24.0. The third kappa shape index (κ3) is 5.68. The van der Waals surface area contributed by atoms with Crippen LogP contribution in [-0.2, 0) is 0 Å². The average molecular weight is 481 g/mol. The fourth-order valence-electron chi connectivity index (χ4n) is 4.09. The van der Waals surface area contributed by atoms with Gasteiger partial charge in [0.25, 0.3) is 0 Å². The van der Waals surface area contributed by atoms with Crippen LogP contribution in [0.3, 0.4) is 0 Å². The Hall–Kier alpha value is -4.15. The molecule has 6 nitrogen and oxygen atoms in total. The summed E-state index contributed by atoms with van der Waals surface area (Å²) < 4.78 is 0. The van der Waals surface area contributed by atoms with Gasteiger partial charge in [-0.3, -0.25) is 0 Å². The summed E-state index contributed by atoms with van der Waals surface area (Å²) in [7, 11) is 0. The van der Waals surface area contributed by atoms with E-state index < -0.39 is 0 Å². The first-order valence-electron chi connectivity index (χ1n) is 11.8. The molecule has 0 bridgehead atoms. The van der Waals surface area contributed by atoms with Gasteiger partial charge in [-0.25, -0.2) is 0 Å². The first kappa shape index (κ1) is 22.6. The van der Waals surface area contributed by atoms with Crippen molar-refractivity contribution in [3.8, 4) is 6.07 Å². The summed E-state index contributed by atoms with van der Waals surface area (Å²) in [5.74, 6) is 0. The van der Waals surface area contributed by atoms with E-state index in [-0.39, 0.29) is 0 Å². The lowest BCUT2D eigenvalue weighted by atomic mass is 10.1. The van der Waals surface area contributed by atoms with Crippen molar-refractivity contribution in [2.24, 2.45) is 0 Å². The molecule has 5 rings (SSSR count). The zero-order valence-electron chi connectivity index (χ0n) is 19.6. The Morgan fingerprint density at radius 1 is 0.743 bits per heavy atom. The maximum absolute atomic E-state index is 8.90. The maximum atomic E-state index is 8.90. The highest BCUT2D eigenvalue weighted by molar-refractivity contribution is 7.20. The Bertz CT molecular complexity index is 1320. The predicted octanol–water partition coefficient (Wildman–Crippen LogP) is 7.45. The summed E-state index contributed by atoms with van der Waals surface area (Å²) in [5, 5.41) is 18.5. The van der Waals surface area contributed by atoms with Gasteiger partial charge in [0.15, 0.2) is 0 Å². The van der Waals surface area contributed by atoms with E-state index in [2.05, 4.69) is 69.7 Å². The van der Waals surface area contributed by atoms with E-state index in [1.165, 1.54) is 41.5 Å². The number of aryl methyl sites for hydroxylation is 1. The van der Waals surface area contributed by atoms with Gasteiger partial charge in [-0.15, -0.1) is 11.3 Å². The molecule has 0 unspecified atom stereocenters. The zero-order valence-corrected chi connectivity index (χ0v) is 20.5. The third-order valence-electron chi connectivity index (χ3n) is 6.03. The van der Waals surface area contributed by atoms with Crippen molar-refractivity contribution in [3.63, 3.8) is 0 Å². The fourth-order valence-corrected chi connectivity index (χ4v) is 5.07. The molecule has 4 N–H and O–H groups in total. The van der Waals surface area contributed by atoms with E-state index in [0.717, 1.165) is 28.4 Å². The lowest BCUT2D eigenvalue weighted by molar-refractivity contribution is 0.949. The highest BCUT2D eigenvalue weighted by Crippen LogP contribution is 2.34. The van der Waals surface area contributed by atoms with Gasteiger partial charge in [-0.1, -0.05) is 0 Å². The molecule has 0 spiro atoms.